The van der Waals surface area contributed by atoms with Gasteiger partial charge in [-0.2, -0.15) is 0 Å². The van der Waals surface area contributed by atoms with Crippen LogP contribution in [0.2, 0.25) is 0 Å². The van der Waals surface area contributed by atoms with Crippen molar-refractivity contribution < 1.29 is 0 Å². The Labute approximate surface area is 441 Å². The van der Waals surface area contributed by atoms with Crippen LogP contribution in [-0.2, 0) is 18.3 Å². The number of rotatable bonds is 9. The Morgan fingerprint density at radius 2 is 0.686 bits per heavy atom. The van der Waals surface area contributed by atoms with Crippen molar-refractivity contribution in [3.05, 3.63) is 106 Å². The Morgan fingerprint density at radius 1 is 0.386 bits per heavy atom. The third-order valence-electron chi connectivity index (χ3n) is 16.7. The first-order valence-electron chi connectivity index (χ1n) is 29.7. The van der Waals surface area contributed by atoms with Crippen LogP contribution in [0.25, 0.3) is 0 Å². The highest BCUT2D eigenvalue weighted by Crippen LogP contribution is 2.49. The highest BCUT2D eigenvalue weighted by atomic mass is 14.4. The molecule has 3 aliphatic rings. The summed E-state index contributed by atoms with van der Waals surface area (Å²) in [5, 5.41) is 0. The average Bonchev–Trinajstić information content (AvgIpc) is 3.29. The summed E-state index contributed by atoms with van der Waals surface area (Å²) >= 11 is 0. The van der Waals surface area contributed by atoms with Crippen LogP contribution in [0.3, 0.4) is 0 Å². The van der Waals surface area contributed by atoms with E-state index in [-0.39, 0.29) is 5.41 Å². The van der Waals surface area contributed by atoms with E-state index in [1.54, 1.807) is 0 Å². The summed E-state index contributed by atoms with van der Waals surface area (Å²) < 4.78 is 0. The molecule has 0 heteroatoms. The van der Waals surface area contributed by atoms with Crippen molar-refractivity contribution in [3.63, 3.8) is 0 Å². The zero-order valence-corrected chi connectivity index (χ0v) is 51.3. The van der Waals surface area contributed by atoms with Gasteiger partial charge in [-0.25, -0.2) is 0 Å². The molecular formula is C70H122. The molecule has 3 fully saturated rings. The van der Waals surface area contributed by atoms with Gasteiger partial charge in [-0.15, -0.1) is 0 Å². The van der Waals surface area contributed by atoms with Gasteiger partial charge >= 0.3 is 0 Å². The second-order valence-electron chi connectivity index (χ2n) is 27.9. The van der Waals surface area contributed by atoms with Crippen LogP contribution in [-0.4, -0.2) is 0 Å². The zero-order valence-electron chi connectivity index (χ0n) is 51.3. The van der Waals surface area contributed by atoms with Crippen molar-refractivity contribution in [2.24, 2.45) is 57.2 Å². The zero-order chi connectivity index (χ0) is 53.3. The van der Waals surface area contributed by atoms with Gasteiger partial charge in [0.15, 0.2) is 0 Å². The quantitative estimate of drug-likeness (QED) is 0.200. The lowest BCUT2D eigenvalue weighted by atomic mass is 9.59. The number of hydrogen-bond donors (Lipinski definition) is 0. The second kappa shape index (κ2) is 32.1. The average molecular weight is 964 g/mol. The van der Waals surface area contributed by atoms with Gasteiger partial charge in [-0.3, -0.25) is 0 Å². The van der Waals surface area contributed by atoms with Crippen LogP contribution in [0.1, 0.15) is 281 Å². The normalized spacial score (nSPS) is 21.9. The Hall–Kier alpha value is -2.34. The molecule has 0 saturated heterocycles. The van der Waals surface area contributed by atoms with Crippen molar-refractivity contribution in [1.82, 2.24) is 0 Å². The van der Waals surface area contributed by atoms with E-state index in [9.17, 15) is 0 Å². The molecule has 0 unspecified atom stereocenters. The molecule has 0 N–H and O–H groups in total. The van der Waals surface area contributed by atoms with E-state index >= 15 is 0 Å². The SMILES string of the molecule is CC(C)(C)CC(C)(C)C.CC1CCC(C(C)(C)C2CCC(C)CC2)CC1.CCC1CCC(CC)CC1.CCCC(C)(C)C.CCc1ccc(CC)cc1.Cc1ccc(C(C)(C)c2ccc(C)cc2)cc1. The monoisotopic (exact) mass is 963 g/mol. The van der Waals surface area contributed by atoms with Gasteiger partial charge in [0, 0.05) is 5.41 Å². The van der Waals surface area contributed by atoms with E-state index in [0.29, 0.717) is 21.7 Å². The maximum Gasteiger partial charge on any atom is 0.0146 e. The molecule has 0 bridgehead atoms. The fraction of sp³-hybridized carbons (Fsp3) is 0.743. The molecule has 3 saturated carbocycles. The topological polar surface area (TPSA) is 0 Å². The third kappa shape index (κ3) is 27.6. The third-order valence-corrected chi connectivity index (χ3v) is 16.7. The fourth-order valence-electron chi connectivity index (χ4n) is 11.8. The highest BCUT2D eigenvalue weighted by Gasteiger charge is 2.39. The highest BCUT2D eigenvalue weighted by molar-refractivity contribution is 5.39. The molecule has 0 aliphatic heterocycles. The molecule has 0 nitrogen and oxygen atoms in total. The van der Waals surface area contributed by atoms with Crippen LogP contribution in [0.4, 0.5) is 0 Å². The van der Waals surface area contributed by atoms with Gasteiger partial charge in [-0.05, 0) is 145 Å². The van der Waals surface area contributed by atoms with E-state index in [4.69, 9.17) is 0 Å². The van der Waals surface area contributed by atoms with E-state index in [2.05, 4.69) is 225 Å². The lowest BCUT2D eigenvalue weighted by molar-refractivity contribution is 0.0421. The minimum atomic E-state index is 0.0708. The van der Waals surface area contributed by atoms with Crippen molar-refractivity contribution >= 4 is 0 Å². The molecular weight excluding hydrogens is 841 g/mol. The number of aryl methyl sites for hydroxylation is 4. The smallest absolute Gasteiger partial charge is 0.0146 e. The Kier molecular flexibility index (Phi) is 30.1. The van der Waals surface area contributed by atoms with Gasteiger partial charge in [0.25, 0.3) is 0 Å². The van der Waals surface area contributed by atoms with Crippen molar-refractivity contribution in [1.29, 1.82) is 0 Å². The minimum absolute atomic E-state index is 0.0708. The van der Waals surface area contributed by atoms with Gasteiger partial charge < -0.3 is 0 Å². The van der Waals surface area contributed by atoms with Crippen molar-refractivity contribution in [2.75, 3.05) is 0 Å². The maximum absolute atomic E-state index is 2.58. The summed E-state index contributed by atoms with van der Waals surface area (Å²) in [6.07, 6.45) is 27.0. The first kappa shape index (κ1) is 65.7. The predicted molar refractivity (Wildman–Crippen MR) is 320 cm³/mol. The van der Waals surface area contributed by atoms with Crippen LogP contribution in [0, 0.1) is 71.0 Å². The van der Waals surface area contributed by atoms with E-state index in [0.717, 1.165) is 48.3 Å². The molecule has 402 valence electrons. The number of hydrogen-bond acceptors (Lipinski definition) is 0. The van der Waals surface area contributed by atoms with Gasteiger partial charge in [0.1, 0.15) is 0 Å². The Bertz CT molecular complexity index is 1580. The summed E-state index contributed by atoms with van der Waals surface area (Å²) in [5.74, 6) is 6.15. The fourth-order valence-corrected chi connectivity index (χ4v) is 11.8. The summed E-state index contributed by atoms with van der Waals surface area (Å²) in [4.78, 5) is 0. The number of benzene rings is 3. The molecule has 6 rings (SSSR count). The molecule has 70 heavy (non-hydrogen) atoms. The molecule has 0 heterocycles. The Balaban J connectivity index is 0.000000434. The minimum Gasteiger partial charge on any atom is -0.0654 e. The lowest BCUT2D eigenvalue weighted by Gasteiger charge is -2.46. The molecule has 0 atom stereocenters. The van der Waals surface area contributed by atoms with Gasteiger partial charge in [-0.1, -0.05) is 293 Å². The largest absolute Gasteiger partial charge is 0.0654 e. The first-order valence-corrected chi connectivity index (χ1v) is 29.7. The Morgan fingerprint density at radius 3 is 0.886 bits per heavy atom. The molecule has 0 amide bonds. The second-order valence-corrected chi connectivity index (χ2v) is 27.9. The predicted octanol–water partition coefficient (Wildman–Crippen LogP) is 23.0. The molecule has 0 radical (unpaired) electrons. The summed E-state index contributed by atoms with van der Waals surface area (Å²) in [5.41, 5.74) is 10.4. The summed E-state index contributed by atoms with van der Waals surface area (Å²) in [7, 11) is 0. The van der Waals surface area contributed by atoms with Crippen LogP contribution in [0.5, 0.6) is 0 Å². The summed E-state index contributed by atoms with van der Waals surface area (Å²) in [6.45, 7) is 50.7. The van der Waals surface area contributed by atoms with Crippen LogP contribution in [0.15, 0.2) is 72.8 Å². The van der Waals surface area contributed by atoms with Crippen molar-refractivity contribution in [3.8, 4) is 0 Å². The molecule has 0 aromatic heterocycles. The molecule has 3 aliphatic carbocycles. The summed E-state index contributed by atoms with van der Waals surface area (Å²) in [6, 6.07) is 26.5. The van der Waals surface area contributed by atoms with E-state index in [1.165, 1.54) is 143 Å². The van der Waals surface area contributed by atoms with E-state index in [1.807, 2.05) is 0 Å². The van der Waals surface area contributed by atoms with Crippen LogP contribution < -0.4 is 0 Å². The standard InChI is InChI=1S/C17H32.C17H20.C10H20.C10H14.C9H20.C7H16/c2*1-13-5-9-15(10-6-13)17(3,4)16-11-7-14(2)8-12-16;2*1-3-9-5-7-10(4-2)8-6-9;1-8(2,3)7-9(4,5)6;1-5-6-7(2,3)4/h13-16H,5-12H2,1-4H3;5-12H,1-4H3;9-10H,3-8H2,1-2H3;5-8H,3-4H2,1-2H3;7H2,1-6H3;5-6H2,1-4H3. The van der Waals surface area contributed by atoms with E-state index < -0.39 is 0 Å². The van der Waals surface area contributed by atoms with Crippen LogP contribution >= 0.6 is 0 Å². The van der Waals surface area contributed by atoms with Crippen molar-refractivity contribution in [2.45, 2.75) is 280 Å². The maximum atomic E-state index is 2.58. The molecule has 0 spiro atoms. The first-order chi connectivity index (χ1) is 32.5. The van der Waals surface area contributed by atoms with Gasteiger partial charge in [0.2, 0.25) is 0 Å². The molecule has 3 aromatic rings. The lowest BCUT2D eigenvalue weighted by Crippen LogP contribution is -2.36. The molecule has 3 aromatic carbocycles. The van der Waals surface area contributed by atoms with Gasteiger partial charge in [0.05, 0.1) is 0 Å².